The van der Waals surface area contributed by atoms with Crippen molar-refractivity contribution in [1.29, 1.82) is 0 Å². The Hall–Kier alpha value is -1.05. The van der Waals surface area contributed by atoms with Crippen molar-refractivity contribution in [2.45, 2.75) is 25.1 Å². The highest BCUT2D eigenvalue weighted by Crippen LogP contribution is 2.33. The van der Waals surface area contributed by atoms with Gasteiger partial charge in [0.2, 0.25) is 0 Å². The Morgan fingerprint density at radius 2 is 1.91 bits per heavy atom. The molecule has 0 spiro atoms. The molecule has 1 aliphatic rings. The number of piperazine rings is 1. The van der Waals surface area contributed by atoms with Gasteiger partial charge in [-0.15, -0.1) is 12.4 Å². The average molecular weight is 357 g/mol. The summed E-state index contributed by atoms with van der Waals surface area (Å²) in [7, 11) is 1.42. The molecule has 132 valence electrons. The van der Waals surface area contributed by atoms with Crippen LogP contribution in [0, 0.1) is 5.82 Å². The summed E-state index contributed by atoms with van der Waals surface area (Å²) in [6, 6.07) is 3.76. The fourth-order valence-electron chi connectivity index (χ4n) is 2.73. The molecule has 0 bridgehead atoms. The first-order chi connectivity index (χ1) is 10.4. The van der Waals surface area contributed by atoms with E-state index >= 15 is 0 Å². The van der Waals surface area contributed by atoms with Crippen LogP contribution in [0.4, 0.5) is 17.6 Å². The smallest absolute Gasteiger partial charge is 0.389 e. The molecule has 23 heavy (non-hydrogen) atoms. The molecule has 0 radical (unpaired) electrons. The standard InChI is InChI=1S/C15H20F4N2O.ClH/c1-22-11-2-3-12(13(16)10-11)14(4-5-15(17,18)19)21-8-6-20-7-9-21;/h2-3,10,14,20H,4-9H2,1H3;1H/t14-;/m1./s1. The van der Waals surface area contributed by atoms with Crippen LogP contribution in [0.3, 0.4) is 0 Å². The zero-order chi connectivity index (χ0) is 16.2. The molecule has 3 nitrogen and oxygen atoms in total. The molecule has 1 aliphatic heterocycles. The Kier molecular flexibility index (Phi) is 7.57. The third kappa shape index (κ3) is 5.82. The molecule has 1 heterocycles. The Balaban J connectivity index is 0.00000264. The van der Waals surface area contributed by atoms with Crippen LogP contribution in [-0.4, -0.2) is 44.4 Å². The minimum Gasteiger partial charge on any atom is -0.497 e. The number of rotatable bonds is 5. The van der Waals surface area contributed by atoms with Crippen molar-refractivity contribution in [3.05, 3.63) is 29.6 Å². The van der Waals surface area contributed by atoms with E-state index in [2.05, 4.69) is 5.32 Å². The summed E-state index contributed by atoms with van der Waals surface area (Å²) in [4.78, 5) is 1.91. The SMILES string of the molecule is COc1ccc([C@@H](CCC(F)(F)F)N2CCNCC2)c(F)c1.Cl. The molecule has 1 aromatic carbocycles. The van der Waals surface area contributed by atoms with E-state index in [1.54, 1.807) is 6.07 Å². The van der Waals surface area contributed by atoms with E-state index in [0.717, 1.165) is 0 Å². The predicted octanol–water partition coefficient (Wildman–Crippen LogP) is 3.54. The van der Waals surface area contributed by atoms with Gasteiger partial charge in [-0.3, -0.25) is 4.90 Å². The molecule has 1 saturated heterocycles. The lowest BCUT2D eigenvalue weighted by Crippen LogP contribution is -2.45. The number of nitrogens with zero attached hydrogens (tertiary/aromatic N) is 1. The first-order valence-electron chi connectivity index (χ1n) is 7.25. The van der Waals surface area contributed by atoms with E-state index < -0.39 is 24.5 Å². The van der Waals surface area contributed by atoms with Crippen LogP contribution in [0.15, 0.2) is 18.2 Å². The van der Waals surface area contributed by atoms with Crippen LogP contribution in [0.2, 0.25) is 0 Å². The molecule has 1 aromatic rings. The van der Waals surface area contributed by atoms with Gasteiger partial charge in [-0.1, -0.05) is 6.07 Å². The van der Waals surface area contributed by atoms with E-state index in [1.807, 2.05) is 4.90 Å². The highest BCUT2D eigenvalue weighted by atomic mass is 35.5. The molecule has 2 rings (SSSR count). The van der Waals surface area contributed by atoms with Gasteiger partial charge in [-0.2, -0.15) is 13.2 Å². The molecule has 1 N–H and O–H groups in total. The zero-order valence-electron chi connectivity index (χ0n) is 12.8. The lowest BCUT2D eigenvalue weighted by Gasteiger charge is -2.35. The van der Waals surface area contributed by atoms with Crippen LogP contribution in [0.1, 0.15) is 24.4 Å². The van der Waals surface area contributed by atoms with Crippen LogP contribution >= 0.6 is 12.4 Å². The lowest BCUT2D eigenvalue weighted by molar-refractivity contribution is -0.138. The summed E-state index contributed by atoms with van der Waals surface area (Å²) in [5.74, 6) is -0.166. The Morgan fingerprint density at radius 1 is 1.26 bits per heavy atom. The number of alkyl halides is 3. The van der Waals surface area contributed by atoms with E-state index in [4.69, 9.17) is 4.74 Å². The number of methoxy groups -OCH3 is 1. The van der Waals surface area contributed by atoms with Gasteiger partial charge in [0.1, 0.15) is 11.6 Å². The molecule has 1 atom stereocenters. The summed E-state index contributed by atoms with van der Waals surface area (Å²) >= 11 is 0. The van der Waals surface area contributed by atoms with Gasteiger partial charge in [-0.25, -0.2) is 4.39 Å². The van der Waals surface area contributed by atoms with E-state index in [9.17, 15) is 17.6 Å². The predicted molar refractivity (Wildman–Crippen MR) is 82.7 cm³/mol. The number of hydrogen-bond donors (Lipinski definition) is 1. The summed E-state index contributed by atoms with van der Waals surface area (Å²) in [5.41, 5.74) is 0.298. The van der Waals surface area contributed by atoms with Crippen molar-refractivity contribution in [2.75, 3.05) is 33.3 Å². The maximum Gasteiger partial charge on any atom is 0.389 e. The molecule has 0 amide bonds. The van der Waals surface area contributed by atoms with Crippen molar-refractivity contribution in [3.63, 3.8) is 0 Å². The lowest BCUT2D eigenvalue weighted by atomic mass is 9.98. The number of hydrogen-bond acceptors (Lipinski definition) is 3. The van der Waals surface area contributed by atoms with Crippen molar-refractivity contribution < 1.29 is 22.3 Å². The van der Waals surface area contributed by atoms with Crippen LogP contribution in [-0.2, 0) is 0 Å². The Bertz CT molecular complexity index is 493. The fourth-order valence-corrected chi connectivity index (χ4v) is 2.73. The van der Waals surface area contributed by atoms with Gasteiger partial charge in [0.25, 0.3) is 0 Å². The van der Waals surface area contributed by atoms with Gasteiger partial charge < -0.3 is 10.1 Å². The van der Waals surface area contributed by atoms with Crippen LogP contribution < -0.4 is 10.1 Å². The topological polar surface area (TPSA) is 24.5 Å². The molecule has 0 aliphatic carbocycles. The van der Waals surface area contributed by atoms with Gasteiger partial charge in [0.05, 0.1) is 7.11 Å². The third-order valence-corrected chi connectivity index (χ3v) is 3.86. The highest BCUT2D eigenvalue weighted by Gasteiger charge is 2.32. The molecule has 8 heteroatoms. The van der Waals surface area contributed by atoms with Crippen LogP contribution in [0.5, 0.6) is 5.75 Å². The monoisotopic (exact) mass is 356 g/mol. The Labute approximate surface area is 139 Å². The number of ether oxygens (including phenoxy) is 1. The fraction of sp³-hybridized carbons (Fsp3) is 0.600. The van der Waals surface area contributed by atoms with Crippen molar-refractivity contribution in [3.8, 4) is 5.75 Å². The largest absolute Gasteiger partial charge is 0.497 e. The zero-order valence-corrected chi connectivity index (χ0v) is 13.6. The van der Waals surface area contributed by atoms with Gasteiger partial charge in [-0.05, 0) is 12.5 Å². The third-order valence-electron chi connectivity index (χ3n) is 3.86. The van der Waals surface area contributed by atoms with Gasteiger partial charge in [0.15, 0.2) is 0 Å². The number of halogens is 5. The van der Waals surface area contributed by atoms with Gasteiger partial charge in [0, 0.05) is 50.3 Å². The average Bonchev–Trinajstić information content (AvgIpc) is 2.48. The van der Waals surface area contributed by atoms with Gasteiger partial charge >= 0.3 is 6.18 Å². The molecule has 0 unspecified atom stereocenters. The summed E-state index contributed by atoms with van der Waals surface area (Å²) in [6.07, 6.45) is -5.31. The second-order valence-electron chi connectivity index (χ2n) is 5.34. The molecular formula is C15H21ClF4N2O. The van der Waals surface area contributed by atoms with Crippen molar-refractivity contribution in [2.24, 2.45) is 0 Å². The molecule has 0 saturated carbocycles. The summed E-state index contributed by atoms with van der Waals surface area (Å²) < 4.78 is 56.9. The van der Waals surface area contributed by atoms with Crippen molar-refractivity contribution >= 4 is 12.4 Å². The van der Waals surface area contributed by atoms with E-state index in [-0.39, 0.29) is 18.8 Å². The minimum atomic E-state index is -4.24. The Morgan fingerprint density at radius 3 is 2.43 bits per heavy atom. The quantitative estimate of drug-likeness (QED) is 0.817. The van der Waals surface area contributed by atoms with Crippen LogP contribution in [0.25, 0.3) is 0 Å². The molecule has 0 aromatic heterocycles. The first kappa shape index (κ1) is 20.0. The number of benzene rings is 1. The van der Waals surface area contributed by atoms with Crippen molar-refractivity contribution in [1.82, 2.24) is 10.2 Å². The maximum atomic E-state index is 14.3. The second kappa shape index (κ2) is 8.70. The van der Waals surface area contributed by atoms with E-state index in [1.165, 1.54) is 19.2 Å². The normalized spacial score (nSPS) is 17.4. The summed E-state index contributed by atoms with van der Waals surface area (Å²) in [6.45, 7) is 2.60. The maximum absolute atomic E-state index is 14.3. The second-order valence-corrected chi connectivity index (χ2v) is 5.34. The van der Waals surface area contributed by atoms with E-state index in [0.29, 0.717) is 37.5 Å². The summed E-state index contributed by atoms with van der Waals surface area (Å²) in [5, 5.41) is 3.15. The molecular weight excluding hydrogens is 336 g/mol. The first-order valence-corrected chi connectivity index (χ1v) is 7.25. The highest BCUT2D eigenvalue weighted by molar-refractivity contribution is 5.85. The molecule has 1 fully saturated rings. The number of nitrogens with one attached hydrogen (secondary N) is 1. The minimum absolute atomic E-state index is 0.